The summed E-state index contributed by atoms with van der Waals surface area (Å²) in [5.41, 5.74) is 4.35. The summed E-state index contributed by atoms with van der Waals surface area (Å²) < 4.78 is 65.1. The number of benzene rings is 3. The van der Waals surface area contributed by atoms with Gasteiger partial charge in [0.15, 0.2) is 0 Å². The number of aromatic nitrogens is 1. The maximum absolute atomic E-state index is 12.8. The van der Waals surface area contributed by atoms with Gasteiger partial charge in [-0.3, -0.25) is 9.78 Å². The van der Waals surface area contributed by atoms with Crippen molar-refractivity contribution in [2.24, 2.45) is 5.10 Å². The molecule has 0 spiro atoms. The highest BCUT2D eigenvalue weighted by Crippen LogP contribution is 2.28. The molecule has 0 saturated carbocycles. The van der Waals surface area contributed by atoms with Gasteiger partial charge in [0.25, 0.3) is 5.91 Å². The third-order valence-electron chi connectivity index (χ3n) is 5.32. The topological polar surface area (TPSA) is 82.0 Å². The SMILES string of the molecule is CC(=NNC(=O)c1ccc(COc2cccc3cccnc23)cc1)c1ccc(OC(F)F)cc1OC(F)F. The smallest absolute Gasteiger partial charge is 0.387 e. The van der Waals surface area contributed by atoms with E-state index in [2.05, 4.69) is 25.0 Å². The standard InChI is InChI=1S/C27H21F4N3O4/c1-16(21-12-11-20(37-26(28)29)14-23(21)38-27(30)31)33-34-25(35)19-9-7-17(8-10-19)15-36-22-6-2-4-18-5-3-13-32-24(18)22/h2-14,26-27H,15H2,1H3,(H,34,35). The lowest BCUT2D eigenvalue weighted by Gasteiger charge is -2.13. The van der Waals surface area contributed by atoms with Crippen molar-refractivity contribution in [1.29, 1.82) is 0 Å². The highest BCUT2D eigenvalue weighted by molar-refractivity contribution is 6.02. The van der Waals surface area contributed by atoms with Crippen LogP contribution in [-0.2, 0) is 6.61 Å². The van der Waals surface area contributed by atoms with Crippen molar-refractivity contribution in [1.82, 2.24) is 10.4 Å². The van der Waals surface area contributed by atoms with Crippen molar-refractivity contribution >= 4 is 22.5 Å². The van der Waals surface area contributed by atoms with Crippen LogP contribution in [0.25, 0.3) is 10.9 Å². The quantitative estimate of drug-likeness (QED) is 0.152. The number of nitrogens with zero attached hydrogens (tertiary/aromatic N) is 2. The first-order chi connectivity index (χ1) is 18.3. The molecule has 11 heteroatoms. The molecule has 38 heavy (non-hydrogen) atoms. The van der Waals surface area contributed by atoms with Gasteiger partial charge in [0, 0.05) is 28.8 Å². The minimum Gasteiger partial charge on any atom is -0.487 e. The zero-order chi connectivity index (χ0) is 27.1. The molecule has 1 N–H and O–H groups in total. The number of hydrogen-bond donors (Lipinski definition) is 1. The van der Waals surface area contributed by atoms with Gasteiger partial charge in [-0.15, -0.1) is 0 Å². The van der Waals surface area contributed by atoms with E-state index < -0.39 is 24.9 Å². The number of pyridine rings is 1. The highest BCUT2D eigenvalue weighted by atomic mass is 19.3. The van der Waals surface area contributed by atoms with Gasteiger partial charge in [-0.05, 0) is 48.9 Å². The molecule has 0 aliphatic carbocycles. The van der Waals surface area contributed by atoms with Gasteiger partial charge in [-0.1, -0.05) is 30.3 Å². The lowest BCUT2D eigenvalue weighted by Crippen LogP contribution is -2.19. The van der Waals surface area contributed by atoms with Crippen molar-refractivity contribution in [2.75, 3.05) is 0 Å². The molecule has 1 heterocycles. The average molecular weight is 527 g/mol. The van der Waals surface area contributed by atoms with Crippen molar-refractivity contribution in [3.63, 3.8) is 0 Å². The fourth-order valence-electron chi connectivity index (χ4n) is 3.54. The molecular weight excluding hydrogens is 506 g/mol. The van der Waals surface area contributed by atoms with Crippen molar-refractivity contribution in [2.45, 2.75) is 26.8 Å². The monoisotopic (exact) mass is 527 g/mol. The van der Waals surface area contributed by atoms with Crippen LogP contribution >= 0.6 is 0 Å². The molecule has 0 atom stereocenters. The number of fused-ring (bicyclic) bond motifs is 1. The van der Waals surface area contributed by atoms with Crippen LogP contribution in [0.2, 0.25) is 0 Å². The van der Waals surface area contributed by atoms with Crippen LogP contribution in [0.4, 0.5) is 17.6 Å². The molecule has 196 valence electrons. The van der Waals surface area contributed by atoms with Gasteiger partial charge in [-0.25, -0.2) is 5.43 Å². The second-order valence-electron chi connectivity index (χ2n) is 7.87. The van der Waals surface area contributed by atoms with Crippen LogP contribution < -0.4 is 19.6 Å². The van der Waals surface area contributed by atoms with Crippen LogP contribution in [0.3, 0.4) is 0 Å². The minimum absolute atomic E-state index is 0.0580. The van der Waals surface area contributed by atoms with E-state index in [0.29, 0.717) is 11.3 Å². The fourth-order valence-corrected chi connectivity index (χ4v) is 3.54. The van der Waals surface area contributed by atoms with Gasteiger partial charge in [0.1, 0.15) is 29.4 Å². The Morgan fingerprint density at radius 3 is 2.39 bits per heavy atom. The van der Waals surface area contributed by atoms with Gasteiger partial charge >= 0.3 is 13.2 Å². The number of hydrazone groups is 1. The van der Waals surface area contributed by atoms with Gasteiger partial charge in [0.05, 0.1) is 5.71 Å². The third kappa shape index (κ3) is 6.75. The molecule has 3 aromatic carbocycles. The number of alkyl halides is 4. The van der Waals surface area contributed by atoms with Crippen LogP contribution in [0.1, 0.15) is 28.4 Å². The van der Waals surface area contributed by atoms with E-state index in [0.717, 1.165) is 28.6 Å². The highest BCUT2D eigenvalue weighted by Gasteiger charge is 2.16. The Morgan fingerprint density at radius 1 is 0.921 bits per heavy atom. The summed E-state index contributed by atoms with van der Waals surface area (Å²) in [4.78, 5) is 16.9. The van der Waals surface area contributed by atoms with Crippen molar-refractivity contribution in [3.8, 4) is 17.2 Å². The van der Waals surface area contributed by atoms with Crippen LogP contribution in [0.15, 0.2) is 84.1 Å². The number of ether oxygens (including phenoxy) is 3. The number of nitrogens with one attached hydrogen (secondary N) is 1. The molecule has 7 nitrogen and oxygen atoms in total. The normalized spacial score (nSPS) is 11.6. The van der Waals surface area contributed by atoms with E-state index in [1.54, 1.807) is 30.5 Å². The maximum atomic E-state index is 12.8. The van der Waals surface area contributed by atoms with Gasteiger partial charge in [-0.2, -0.15) is 22.7 Å². The molecule has 4 rings (SSSR count). The largest absolute Gasteiger partial charge is 0.487 e. The van der Waals surface area contributed by atoms with Crippen molar-refractivity contribution < 1.29 is 36.6 Å². The number of carbonyl (C=O) groups excluding carboxylic acids is 1. The molecular formula is C27H21F4N3O4. The summed E-state index contributed by atoms with van der Waals surface area (Å²) in [6.45, 7) is -4.66. The fraction of sp³-hybridized carbons (Fsp3) is 0.148. The molecule has 0 fully saturated rings. The number of rotatable bonds is 10. The zero-order valence-corrected chi connectivity index (χ0v) is 19.9. The van der Waals surface area contributed by atoms with E-state index in [1.807, 2.05) is 30.3 Å². The summed E-state index contributed by atoms with van der Waals surface area (Å²) in [5, 5.41) is 4.88. The summed E-state index contributed by atoms with van der Waals surface area (Å²) >= 11 is 0. The van der Waals surface area contributed by atoms with E-state index in [-0.39, 0.29) is 23.6 Å². The summed E-state index contributed by atoms with van der Waals surface area (Å²) in [6.07, 6.45) is 1.69. The Morgan fingerprint density at radius 2 is 1.66 bits per heavy atom. The molecule has 0 radical (unpaired) electrons. The molecule has 1 aromatic heterocycles. The van der Waals surface area contributed by atoms with E-state index in [1.165, 1.54) is 13.0 Å². The molecule has 0 aliphatic heterocycles. The Bertz CT molecular complexity index is 1440. The zero-order valence-electron chi connectivity index (χ0n) is 19.9. The number of halogens is 4. The van der Waals surface area contributed by atoms with Crippen molar-refractivity contribution in [3.05, 3.63) is 95.7 Å². The minimum atomic E-state index is -3.21. The first kappa shape index (κ1) is 26.4. The molecule has 0 unspecified atom stereocenters. The van der Waals surface area contributed by atoms with Gasteiger partial charge < -0.3 is 14.2 Å². The first-order valence-electron chi connectivity index (χ1n) is 11.2. The molecule has 1 amide bonds. The Labute approximate surface area is 214 Å². The second-order valence-corrected chi connectivity index (χ2v) is 7.87. The summed E-state index contributed by atoms with van der Waals surface area (Å²) in [5.74, 6) is -0.709. The lowest BCUT2D eigenvalue weighted by molar-refractivity contribution is -0.0543. The maximum Gasteiger partial charge on any atom is 0.387 e. The van der Waals surface area contributed by atoms with Crippen LogP contribution in [-0.4, -0.2) is 29.8 Å². The molecule has 0 aliphatic rings. The Hall–Kier alpha value is -4.67. The summed E-state index contributed by atoms with van der Waals surface area (Å²) in [6, 6.07) is 19.3. The predicted molar refractivity (Wildman–Crippen MR) is 132 cm³/mol. The number of carbonyl (C=O) groups is 1. The molecule has 0 saturated heterocycles. The van der Waals surface area contributed by atoms with Crippen LogP contribution in [0.5, 0.6) is 17.2 Å². The van der Waals surface area contributed by atoms with E-state index >= 15 is 0 Å². The average Bonchev–Trinajstić information content (AvgIpc) is 2.90. The number of para-hydroxylation sites is 1. The summed E-state index contributed by atoms with van der Waals surface area (Å²) in [7, 11) is 0. The Balaban J connectivity index is 1.40. The Kier molecular flexibility index (Phi) is 8.37. The first-order valence-corrected chi connectivity index (χ1v) is 11.2. The third-order valence-corrected chi connectivity index (χ3v) is 5.32. The predicted octanol–water partition coefficient (Wildman–Crippen LogP) is 6.17. The van der Waals surface area contributed by atoms with E-state index in [4.69, 9.17) is 4.74 Å². The van der Waals surface area contributed by atoms with E-state index in [9.17, 15) is 22.4 Å². The van der Waals surface area contributed by atoms with Gasteiger partial charge in [0.2, 0.25) is 0 Å². The number of amides is 1. The molecule has 4 aromatic rings. The lowest BCUT2D eigenvalue weighted by atomic mass is 10.1. The number of hydrogen-bond acceptors (Lipinski definition) is 6. The molecule has 0 bridgehead atoms. The van der Waals surface area contributed by atoms with Crippen LogP contribution in [0, 0.1) is 0 Å². The second kappa shape index (κ2) is 12.0.